The van der Waals surface area contributed by atoms with E-state index in [4.69, 9.17) is 4.74 Å². The van der Waals surface area contributed by atoms with Gasteiger partial charge in [0.1, 0.15) is 0 Å². The summed E-state index contributed by atoms with van der Waals surface area (Å²) < 4.78 is 5.45. The average molecular weight is 276 g/mol. The van der Waals surface area contributed by atoms with Gasteiger partial charge in [0.25, 0.3) is 0 Å². The fourth-order valence-electron chi connectivity index (χ4n) is 2.26. The van der Waals surface area contributed by atoms with Crippen LogP contribution in [0.4, 0.5) is 10.5 Å². The Morgan fingerprint density at radius 3 is 2.85 bits per heavy atom. The van der Waals surface area contributed by atoms with Crippen molar-refractivity contribution in [1.82, 2.24) is 5.32 Å². The molecule has 0 radical (unpaired) electrons. The van der Waals surface area contributed by atoms with Gasteiger partial charge in [0.05, 0.1) is 6.10 Å². The van der Waals surface area contributed by atoms with E-state index in [0.717, 1.165) is 13.0 Å². The highest BCUT2D eigenvalue weighted by atomic mass is 16.5. The standard InChI is InChI=1S/C15H20N2O3/c1-10(18)12-4-3-5-14(8-12)17-15(19)16-9-13-6-7-20-11(13)2/h3-5,8,11,13H,6-7,9H2,1-2H3,(H2,16,17,19). The SMILES string of the molecule is CC(=O)c1cccc(NC(=O)NCC2CCOC2C)c1. The lowest BCUT2D eigenvalue weighted by Gasteiger charge is -2.15. The molecule has 0 bridgehead atoms. The Morgan fingerprint density at radius 2 is 2.20 bits per heavy atom. The van der Waals surface area contributed by atoms with Crippen LogP contribution >= 0.6 is 0 Å². The van der Waals surface area contributed by atoms with Crippen LogP contribution in [0.25, 0.3) is 0 Å². The van der Waals surface area contributed by atoms with Gasteiger partial charge in [-0.3, -0.25) is 4.79 Å². The van der Waals surface area contributed by atoms with Crippen LogP contribution in [0.1, 0.15) is 30.6 Å². The van der Waals surface area contributed by atoms with Crippen molar-refractivity contribution >= 4 is 17.5 Å². The molecule has 5 nitrogen and oxygen atoms in total. The number of Topliss-reactive ketones (excluding diaryl/α,β-unsaturated/α-hetero) is 1. The van der Waals surface area contributed by atoms with Crippen molar-refractivity contribution in [3.8, 4) is 0 Å². The lowest BCUT2D eigenvalue weighted by atomic mass is 10.0. The third-order valence-corrected chi connectivity index (χ3v) is 3.59. The Bertz CT molecular complexity index is 502. The van der Waals surface area contributed by atoms with Gasteiger partial charge < -0.3 is 15.4 Å². The first-order valence-electron chi connectivity index (χ1n) is 6.83. The predicted octanol–water partition coefficient (Wildman–Crippen LogP) is 2.44. The summed E-state index contributed by atoms with van der Waals surface area (Å²) in [7, 11) is 0. The Labute approximate surface area is 118 Å². The molecule has 1 aliphatic rings. The second-order valence-corrected chi connectivity index (χ2v) is 5.10. The number of amides is 2. The quantitative estimate of drug-likeness (QED) is 0.830. The second kappa shape index (κ2) is 6.52. The minimum atomic E-state index is -0.259. The highest BCUT2D eigenvalue weighted by Gasteiger charge is 2.24. The Balaban J connectivity index is 1.85. The summed E-state index contributed by atoms with van der Waals surface area (Å²) in [5, 5.41) is 5.57. The van der Waals surface area contributed by atoms with Crippen molar-refractivity contribution in [3.63, 3.8) is 0 Å². The molecule has 2 unspecified atom stereocenters. The van der Waals surface area contributed by atoms with Crippen LogP contribution in [-0.2, 0) is 4.74 Å². The number of ether oxygens (including phenoxy) is 1. The second-order valence-electron chi connectivity index (χ2n) is 5.10. The minimum absolute atomic E-state index is 0.0222. The number of ketones is 1. The van der Waals surface area contributed by atoms with Gasteiger partial charge in [-0.15, -0.1) is 0 Å². The molecule has 108 valence electrons. The average Bonchev–Trinajstić information content (AvgIpc) is 2.82. The Hall–Kier alpha value is -1.88. The molecule has 0 spiro atoms. The van der Waals surface area contributed by atoms with Crippen LogP contribution in [0.15, 0.2) is 24.3 Å². The van der Waals surface area contributed by atoms with Crippen molar-refractivity contribution in [1.29, 1.82) is 0 Å². The van der Waals surface area contributed by atoms with Gasteiger partial charge in [0.15, 0.2) is 5.78 Å². The number of carbonyl (C=O) groups excluding carboxylic acids is 2. The van der Waals surface area contributed by atoms with E-state index >= 15 is 0 Å². The molecule has 0 aromatic heterocycles. The summed E-state index contributed by atoms with van der Waals surface area (Å²) in [4.78, 5) is 23.1. The number of hydrogen-bond acceptors (Lipinski definition) is 3. The Morgan fingerprint density at radius 1 is 1.40 bits per heavy atom. The molecular formula is C15H20N2O3. The summed E-state index contributed by atoms with van der Waals surface area (Å²) in [5.74, 6) is 0.343. The summed E-state index contributed by atoms with van der Waals surface area (Å²) >= 11 is 0. The summed E-state index contributed by atoms with van der Waals surface area (Å²) in [6.07, 6.45) is 1.16. The van der Waals surface area contributed by atoms with Crippen LogP contribution in [0, 0.1) is 5.92 Å². The molecule has 1 saturated heterocycles. The minimum Gasteiger partial charge on any atom is -0.378 e. The molecule has 2 N–H and O–H groups in total. The van der Waals surface area contributed by atoms with Gasteiger partial charge in [0, 0.05) is 30.3 Å². The van der Waals surface area contributed by atoms with Gasteiger partial charge in [-0.05, 0) is 32.4 Å². The van der Waals surface area contributed by atoms with E-state index in [2.05, 4.69) is 10.6 Å². The molecule has 1 aromatic carbocycles. The maximum atomic E-state index is 11.8. The van der Waals surface area contributed by atoms with Gasteiger partial charge in [-0.1, -0.05) is 12.1 Å². The number of anilines is 1. The molecule has 1 fully saturated rings. The zero-order valence-corrected chi connectivity index (χ0v) is 11.8. The van der Waals surface area contributed by atoms with E-state index in [-0.39, 0.29) is 17.9 Å². The maximum absolute atomic E-state index is 11.8. The molecule has 2 amide bonds. The first-order chi connectivity index (χ1) is 9.56. The predicted molar refractivity (Wildman–Crippen MR) is 77.0 cm³/mol. The van der Waals surface area contributed by atoms with Gasteiger partial charge >= 0.3 is 6.03 Å². The van der Waals surface area contributed by atoms with E-state index < -0.39 is 0 Å². The number of nitrogens with one attached hydrogen (secondary N) is 2. The van der Waals surface area contributed by atoms with Crippen molar-refractivity contribution in [3.05, 3.63) is 29.8 Å². The molecule has 20 heavy (non-hydrogen) atoms. The fraction of sp³-hybridized carbons (Fsp3) is 0.467. The monoisotopic (exact) mass is 276 g/mol. The number of benzene rings is 1. The normalized spacial score (nSPS) is 21.5. The number of rotatable bonds is 4. The van der Waals surface area contributed by atoms with Crippen molar-refractivity contribution in [2.75, 3.05) is 18.5 Å². The molecule has 2 rings (SSSR count). The first kappa shape index (κ1) is 14.5. The van der Waals surface area contributed by atoms with Crippen LogP contribution in [-0.4, -0.2) is 31.1 Å². The van der Waals surface area contributed by atoms with E-state index in [1.54, 1.807) is 24.3 Å². The van der Waals surface area contributed by atoms with E-state index in [1.165, 1.54) is 6.92 Å². The third kappa shape index (κ3) is 3.81. The van der Waals surface area contributed by atoms with Crippen LogP contribution in [0.3, 0.4) is 0 Å². The molecule has 5 heteroatoms. The van der Waals surface area contributed by atoms with E-state index in [1.807, 2.05) is 6.92 Å². The van der Waals surface area contributed by atoms with Crippen molar-refractivity contribution in [2.24, 2.45) is 5.92 Å². The lowest BCUT2D eigenvalue weighted by Crippen LogP contribution is -2.35. The molecule has 0 aliphatic carbocycles. The summed E-state index contributed by atoms with van der Waals surface area (Å²) in [5.41, 5.74) is 1.20. The topological polar surface area (TPSA) is 67.4 Å². The molecular weight excluding hydrogens is 256 g/mol. The van der Waals surface area contributed by atoms with Crippen molar-refractivity contribution in [2.45, 2.75) is 26.4 Å². The maximum Gasteiger partial charge on any atom is 0.319 e. The number of hydrogen-bond donors (Lipinski definition) is 2. The van der Waals surface area contributed by atoms with Crippen molar-refractivity contribution < 1.29 is 14.3 Å². The van der Waals surface area contributed by atoms with E-state index in [9.17, 15) is 9.59 Å². The van der Waals surface area contributed by atoms with Gasteiger partial charge in [-0.2, -0.15) is 0 Å². The number of carbonyl (C=O) groups is 2. The molecule has 1 heterocycles. The van der Waals surface area contributed by atoms with Crippen LogP contribution < -0.4 is 10.6 Å². The third-order valence-electron chi connectivity index (χ3n) is 3.59. The smallest absolute Gasteiger partial charge is 0.319 e. The fourth-order valence-corrected chi connectivity index (χ4v) is 2.26. The molecule has 1 aromatic rings. The highest BCUT2D eigenvalue weighted by molar-refractivity contribution is 5.96. The highest BCUT2D eigenvalue weighted by Crippen LogP contribution is 2.19. The zero-order chi connectivity index (χ0) is 14.5. The first-order valence-corrected chi connectivity index (χ1v) is 6.83. The van der Waals surface area contributed by atoms with Crippen LogP contribution in [0.2, 0.25) is 0 Å². The molecule has 1 aliphatic heterocycles. The molecule has 0 saturated carbocycles. The zero-order valence-electron chi connectivity index (χ0n) is 11.8. The van der Waals surface area contributed by atoms with Gasteiger partial charge in [0.2, 0.25) is 0 Å². The van der Waals surface area contributed by atoms with Gasteiger partial charge in [-0.25, -0.2) is 4.79 Å². The summed E-state index contributed by atoms with van der Waals surface area (Å²) in [6.45, 7) is 4.88. The Kier molecular flexibility index (Phi) is 4.74. The lowest BCUT2D eigenvalue weighted by molar-refractivity contribution is 0.101. The van der Waals surface area contributed by atoms with E-state index in [0.29, 0.717) is 23.7 Å². The largest absolute Gasteiger partial charge is 0.378 e. The number of urea groups is 1. The molecule has 2 atom stereocenters. The summed E-state index contributed by atoms with van der Waals surface area (Å²) in [6, 6.07) is 6.64. The van der Waals surface area contributed by atoms with Crippen LogP contribution in [0.5, 0.6) is 0 Å².